The molecule has 9 nitrogen and oxygen atoms in total. The summed E-state index contributed by atoms with van der Waals surface area (Å²) in [6.07, 6.45) is 1.66. The minimum absolute atomic E-state index is 0.0467. The summed E-state index contributed by atoms with van der Waals surface area (Å²) in [7, 11) is 0. The summed E-state index contributed by atoms with van der Waals surface area (Å²) in [6.45, 7) is 4.09. The monoisotopic (exact) mass is 323 g/mol. The number of carboxylic acids is 1. The maximum absolute atomic E-state index is 12.5. The van der Waals surface area contributed by atoms with Crippen LogP contribution in [0.15, 0.2) is 0 Å². The molecule has 1 N–H and O–H groups in total. The number of likely N-dealkylation sites (tertiary alicyclic amines) is 1. The number of aliphatic carboxylic acids is 1. The number of hydrogen-bond acceptors (Lipinski definition) is 6. The summed E-state index contributed by atoms with van der Waals surface area (Å²) in [4.78, 5) is 25.8. The van der Waals surface area contributed by atoms with E-state index in [0.717, 1.165) is 0 Å². The molecule has 2 aliphatic heterocycles. The minimum Gasteiger partial charge on any atom is -0.481 e. The van der Waals surface area contributed by atoms with Gasteiger partial charge in [0.05, 0.1) is 12.5 Å². The number of aromatic nitrogens is 4. The largest absolute Gasteiger partial charge is 0.481 e. The second kappa shape index (κ2) is 6.23. The third-order valence-corrected chi connectivity index (χ3v) is 5.04. The highest BCUT2D eigenvalue weighted by Gasteiger charge is 2.51. The molecule has 0 bridgehead atoms. The van der Waals surface area contributed by atoms with Gasteiger partial charge in [-0.05, 0) is 30.2 Å². The van der Waals surface area contributed by atoms with E-state index in [4.69, 9.17) is 4.74 Å². The quantitative estimate of drug-likeness (QED) is 0.810. The lowest BCUT2D eigenvalue weighted by Gasteiger charge is -2.36. The first kappa shape index (κ1) is 15.9. The normalized spacial score (nSPS) is 23.3. The number of carboxylic acid groups (broad SMARTS) is 1. The lowest BCUT2D eigenvalue weighted by molar-refractivity contribution is -0.146. The summed E-state index contributed by atoms with van der Waals surface area (Å²) in [5, 5.41) is 20.7. The van der Waals surface area contributed by atoms with Crippen LogP contribution in [0.5, 0.6) is 0 Å². The Balaban J connectivity index is 1.65. The summed E-state index contributed by atoms with van der Waals surface area (Å²) in [5.74, 6) is -0.721. The van der Waals surface area contributed by atoms with Crippen molar-refractivity contribution in [3.8, 4) is 0 Å². The molecule has 1 unspecified atom stereocenters. The number of amides is 1. The van der Waals surface area contributed by atoms with Gasteiger partial charge in [0, 0.05) is 38.1 Å². The molecule has 2 saturated heterocycles. The molecule has 1 aromatic rings. The fraction of sp³-hybridized carbons (Fsp3) is 0.786. The van der Waals surface area contributed by atoms with Gasteiger partial charge in [0.1, 0.15) is 5.82 Å². The number of carbonyl (C=O) groups excluding carboxylic acids is 1. The average molecular weight is 323 g/mol. The third kappa shape index (κ3) is 3.05. The van der Waals surface area contributed by atoms with Crippen LogP contribution in [0.2, 0.25) is 0 Å². The second-order valence-electron chi connectivity index (χ2n) is 6.34. The molecule has 9 heteroatoms. The molecule has 2 aliphatic rings. The predicted molar refractivity (Wildman–Crippen MR) is 77.4 cm³/mol. The Labute approximate surface area is 133 Å². The smallest absolute Gasteiger partial charge is 0.308 e. The third-order valence-electron chi connectivity index (χ3n) is 5.04. The Bertz CT molecular complexity index is 596. The van der Waals surface area contributed by atoms with E-state index in [1.165, 1.54) is 0 Å². The van der Waals surface area contributed by atoms with E-state index in [-0.39, 0.29) is 24.3 Å². The van der Waals surface area contributed by atoms with Crippen molar-refractivity contribution in [1.82, 2.24) is 25.1 Å². The van der Waals surface area contributed by atoms with Gasteiger partial charge in [-0.2, -0.15) is 0 Å². The van der Waals surface area contributed by atoms with Crippen LogP contribution >= 0.6 is 0 Å². The van der Waals surface area contributed by atoms with Crippen LogP contribution in [0.25, 0.3) is 0 Å². The number of carbonyl (C=O) groups is 2. The van der Waals surface area contributed by atoms with Crippen LogP contribution in [0, 0.1) is 18.3 Å². The molecule has 0 radical (unpaired) electrons. The maximum Gasteiger partial charge on any atom is 0.308 e. The van der Waals surface area contributed by atoms with Gasteiger partial charge in [0.2, 0.25) is 5.91 Å². The Kier molecular flexibility index (Phi) is 4.29. The lowest BCUT2D eigenvalue weighted by Crippen LogP contribution is -2.40. The van der Waals surface area contributed by atoms with E-state index in [2.05, 4.69) is 15.5 Å². The Morgan fingerprint density at radius 2 is 2.13 bits per heavy atom. The first-order valence-electron chi connectivity index (χ1n) is 7.83. The number of rotatable bonds is 4. The van der Waals surface area contributed by atoms with E-state index in [1.54, 1.807) is 16.5 Å². The number of hydrogen-bond donors (Lipinski definition) is 1. The van der Waals surface area contributed by atoms with Crippen LogP contribution in [0.1, 0.15) is 25.1 Å². The Hall–Kier alpha value is -2.03. The van der Waals surface area contributed by atoms with Crippen molar-refractivity contribution in [3.63, 3.8) is 0 Å². The molecule has 2 fully saturated rings. The van der Waals surface area contributed by atoms with Crippen LogP contribution in [0.4, 0.5) is 0 Å². The van der Waals surface area contributed by atoms with E-state index in [9.17, 15) is 14.7 Å². The predicted octanol–water partition coefficient (Wildman–Crippen LogP) is -0.289. The molecule has 3 rings (SSSR count). The van der Waals surface area contributed by atoms with Gasteiger partial charge < -0.3 is 14.7 Å². The number of ether oxygens (including phenoxy) is 1. The van der Waals surface area contributed by atoms with Crippen LogP contribution in [0.3, 0.4) is 0 Å². The molecule has 1 spiro atoms. The fourth-order valence-electron chi connectivity index (χ4n) is 3.60. The zero-order chi connectivity index (χ0) is 16.4. The summed E-state index contributed by atoms with van der Waals surface area (Å²) < 4.78 is 6.94. The minimum atomic E-state index is -0.821. The van der Waals surface area contributed by atoms with Gasteiger partial charge in [-0.25, -0.2) is 4.68 Å². The molecule has 0 saturated carbocycles. The van der Waals surface area contributed by atoms with Gasteiger partial charge in [0.25, 0.3) is 0 Å². The molecule has 1 amide bonds. The summed E-state index contributed by atoms with van der Waals surface area (Å²) >= 11 is 0. The Morgan fingerprint density at radius 1 is 1.39 bits per heavy atom. The maximum atomic E-state index is 12.5. The lowest BCUT2D eigenvalue weighted by atomic mass is 9.72. The zero-order valence-corrected chi connectivity index (χ0v) is 13.1. The molecular formula is C14H21N5O4. The van der Waals surface area contributed by atoms with Gasteiger partial charge in [-0.1, -0.05) is 0 Å². The second-order valence-corrected chi connectivity index (χ2v) is 6.34. The fourth-order valence-corrected chi connectivity index (χ4v) is 3.60. The number of aryl methyl sites for hydroxylation is 2. The van der Waals surface area contributed by atoms with Crippen LogP contribution in [-0.2, 0) is 20.9 Å². The number of nitrogens with zero attached hydrogens (tertiary/aromatic N) is 5. The van der Waals surface area contributed by atoms with Crippen molar-refractivity contribution in [3.05, 3.63) is 5.82 Å². The van der Waals surface area contributed by atoms with Crippen molar-refractivity contribution < 1.29 is 19.4 Å². The zero-order valence-electron chi connectivity index (χ0n) is 13.1. The first-order valence-corrected chi connectivity index (χ1v) is 7.83. The van der Waals surface area contributed by atoms with E-state index >= 15 is 0 Å². The first-order chi connectivity index (χ1) is 11.0. The van der Waals surface area contributed by atoms with Crippen LogP contribution in [-0.4, -0.2) is 68.4 Å². The Morgan fingerprint density at radius 3 is 2.74 bits per heavy atom. The standard InChI is InChI=1S/C14H21N5O4/c1-10-15-16-17-19(10)5-2-12(20)18-8-11(13(21)22)14(9-18)3-6-23-7-4-14/h11H,2-9H2,1H3,(H,21,22). The topological polar surface area (TPSA) is 110 Å². The van der Waals surface area contributed by atoms with Crippen molar-refractivity contribution >= 4 is 11.9 Å². The van der Waals surface area contributed by atoms with Gasteiger partial charge >= 0.3 is 5.97 Å². The van der Waals surface area contributed by atoms with Gasteiger partial charge in [0.15, 0.2) is 0 Å². The highest BCUT2D eigenvalue weighted by molar-refractivity contribution is 5.79. The van der Waals surface area contributed by atoms with Crippen molar-refractivity contribution in [2.24, 2.45) is 11.3 Å². The van der Waals surface area contributed by atoms with E-state index in [0.29, 0.717) is 45.0 Å². The van der Waals surface area contributed by atoms with Crippen molar-refractivity contribution in [1.29, 1.82) is 0 Å². The van der Waals surface area contributed by atoms with E-state index < -0.39 is 11.9 Å². The SMILES string of the molecule is Cc1nnnn1CCC(=O)N1CC(C(=O)O)C2(CCOCC2)C1. The van der Waals surface area contributed by atoms with E-state index in [1.807, 2.05) is 0 Å². The molecule has 3 heterocycles. The highest BCUT2D eigenvalue weighted by Crippen LogP contribution is 2.44. The summed E-state index contributed by atoms with van der Waals surface area (Å²) in [5.41, 5.74) is -0.343. The molecule has 0 aromatic carbocycles. The molecule has 23 heavy (non-hydrogen) atoms. The molecule has 126 valence electrons. The van der Waals surface area contributed by atoms with Crippen molar-refractivity contribution in [2.45, 2.75) is 32.7 Å². The number of tetrazole rings is 1. The summed E-state index contributed by atoms with van der Waals surface area (Å²) in [6, 6.07) is 0. The highest BCUT2D eigenvalue weighted by atomic mass is 16.5. The molecule has 1 aromatic heterocycles. The molecule has 0 aliphatic carbocycles. The molecule has 1 atom stereocenters. The van der Waals surface area contributed by atoms with Gasteiger partial charge in [-0.3, -0.25) is 9.59 Å². The van der Waals surface area contributed by atoms with Crippen molar-refractivity contribution in [2.75, 3.05) is 26.3 Å². The average Bonchev–Trinajstić information content (AvgIpc) is 3.10. The van der Waals surface area contributed by atoms with Gasteiger partial charge in [-0.15, -0.1) is 5.10 Å². The van der Waals surface area contributed by atoms with Crippen LogP contribution < -0.4 is 0 Å². The molecular weight excluding hydrogens is 302 g/mol.